The first-order valence-corrected chi connectivity index (χ1v) is 6.62. The molecule has 2 atom stereocenters. The summed E-state index contributed by atoms with van der Waals surface area (Å²) in [5, 5.41) is 2.89. The summed E-state index contributed by atoms with van der Waals surface area (Å²) in [4.78, 5) is 11.7. The van der Waals surface area contributed by atoms with Gasteiger partial charge in [0.15, 0.2) is 12.1 Å². The van der Waals surface area contributed by atoms with E-state index in [0.717, 1.165) is 19.4 Å². The molecule has 0 unspecified atom stereocenters. The number of hydrogen-bond acceptors (Lipinski definition) is 4. The number of carbonyl (C=O) groups is 1. The zero-order valence-electron chi connectivity index (χ0n) is 11.8. The lowest BCUT2D eigenvalue weighted by Crippen LogP contribution is -2.46. The lowest BCUT2D eigenvalue weighted by Gasteiger charge is -2.39. The molecule has 1 fully saturated rings. The Morgan fingerprint density at radius 1 is 1.44 bits per heavy atom. The number of hydrogen-bond donors (Lipinski definition) is 1. The molecule has 0 bridgehead atoms. The van der Waals surface area contributed by atoms with Gasteiger partial charge in [0.1, 0.15) is 0 Å². The number of rotatable bonds is 6. The van der Waals surface area contributed by atoms with Crippen molar-refractivity contribution in [2.45, 2.75) is 64.6 Å². The molecule has 1 aliphatic rings. The number of carbonyl (C=O) groups excluding carboxylic acids is 1. The van der Waals surface area contributed by atoms with E-state index in [1.54, 1.807) is 7.11 Å². The van der Waals surface area contributed by atoms with Crippen LogP contribution in [0.15, 0.2) is 0 Å². The molecule has 0 saturated carbocycles. The van der Waals surface area contributed by atoms with Gasteiger partial charge >= 0.3 is 0 Å². The molecule has 1 N–H and O–H groups in total. The molecule has 0 aliphatic carbocycles. The standard InChI is InChI=1S/C13H25NO4/c1-5-6-7-14-11(15)8-10-9-12(16-4)18-13(2,3)17-10/h10,12H,5-9H2,1-4H3,(H,14,15)/t10-,12-/m0/s1. The Bertz CT molecular complexity index is 268. The van der Waals surface area contributed by atoms with Gasteiger partial charge in [0.25, 0.3) is 0 Å². The Hall–Kier alpha value is -0.650. The van der Waals surface area contributed by atoms with Gasteiger partial charge in [-0.1, -0.05) is 13.3 Å². The van der Waals surface area contributed by atoms with Crippen LogP contribution < -0.4 is 5.32 Å². The first-order valence-electron chi connectivity index (χ1n) is 6.62. The van der Waals surface area contributed by atoms with Crippen LogP contribution >= 0.6 is 0 Å². The summed E-state index contributed by atoms with van der Waals surface area (Å²) in [6.45, 7) is 6.50. The van der Waals surface area contributed by atoms with Crippen molar-refractivity contribution in [1.29, 1.82) is 0 Å². The molecule has 0 spiro atoms. The average Bonchev–Trinajstić information content (AvgIpc) is 2.27. The molecule has 1 saturated heterocycles. The minimum Gasteiger partial charge on any atom is -0.356 e. The molecule has 0 radical (unpaired) electrons. The van der Waals surface area contributed by atoms with Crippen molar-refractivity contribution in [2.75, 3.05) is 13.7 Å². The van der Waals surface area contributed by atoms with Crippen LogP contribution in [0, 0.1) is 0 Å². The molecule has 0 aromatic rings. The molecule has 1 heterocycles. The number of amides is 1. The first-order chi connectivity index (χ1) is 8.46. The maximum Gasteiger partial charge on any atom is 0.222 e. The highest BCUT2D eigenvalue weighted by molar-refractivity contribution is 5.76. The Morgan fingerprint density at radius 2 is 2.17 bits per heavy atom. The van der Waals surface area contributed by atoms with Crippen molar-refractivity contribution in [3.8, 4) is 0 Å². The molecule has 1 aliphatic heterocycles. The molecule has 106 valence electrons. The Labute approximate surface area is 109 Å². The molecule has 1 rings (SSSR count). The number of ether oxygens (including phenoxy) is 3. The Kier molecular flexibility index (Phi) is 6.05. The van der Waals surface area contributed by atoms with E-state index < -0.39 is 5.79 Å². The zero-order chi connectivity index (χ0) is 13.6. The van der Waals surface area contributed by atoms with E-state index in [2.05, 4.69) is 12.2 Å². The van der Waals surface area contributed by atoms with Gasteiger partial charge in [-0.05, 0) is 20.3 Å². The monoisotopic (exact) mass is 259 g/mol. The predicted octanol–water partition coefficient (Wildman–Crippen LogP) is 1.81. The summed E-state index contributed by atoms with van der Waals surface area (Å²) < 4.78 is 16.5. The van der Waals surface area contributed by atoms with Crippen LogP contribution in [0.3, 0.4) is 0 Å². The van der Waals surface area contributed by atoms with Crippen LogP contribution in [-0.2, 0) is 19.0 Å². The lowest BCUT2D eigenvalue weighted by molar-refractivity contribution is -0.345. The minimum atomic E-state index is -0.701. The molecule has 5 nitrogen and oxygen atoms in total. The number of nitrogens with one attached hydrogen (secondary N) is 1. The summed E-state index contributed by atoms with van der Waals surface area (Å²) in [5.74, 6) is -0.672. The highest BCUT2D eigenvalue weighted by atomic mass is 16.8. The van der Waals surface area contributed by atoms with Gasteiger partial charge < -0.3 is 19.5 Å². The normalized spacial score (nSPS) is 26.9. The number of unbranched alkanes of at least 4 members (excludes halogenated alkanes) is 1. The summed E-state index contributed by atoms with van der Waals surface area (Å²) in [6, 6.07) is 0. The van der Waals surface area contributed by atoms with E-state index in [4.69, 9.17) is 14.2 Å². The fourth-order valence-corrected chi connectivity index (χ4v) is 2.01. The molecule has 0 aromatic heterocycles. The van der Waals surface area contributed by atoms with E-state index in [0.29, 0.717) is 12.8 Å². The van der Waals surface area contributed by atoms with Crippen molar-refractivity contribution < 1.29 is 19.0 Å². The second kappa shape index (κ2) is 7.07. The SMILES string of the molecule is CCCCNC(=O)C[C@H]1C[C@@H](OC)OC(C)(C)O1. The second-order valence-corrected chi connectivity index (χ2v) is 5.07. The molecule has 1 amide bonds. The molecule has 5 heteroatoms. The van der Waals surface area contributed by atoms with E-state index >= 15 is 0 Å². The average molecular weight is 259 g/mol. The predicted molar refractivity (Wildman–Crippen MR) is 68.0 cm³/mol. The van der Waals surface area contributed by atoms with Gasteiger partial charge in [0.2, 0.25) is 5.91 Å². The van der Waals surface area contributed by atoms with Crippen molar-refractivity contribution >= 4 is 5.91 Å². The summed E-state index contributed by atoms with van der Waals surface area (Å²) in [6.07, 6.45) is 2.57. The van der Waals surface area contributed by atoms with Gasteiger partial charge in [0, 0.05) is 20.1 Å². The van der Waals surface area contributed by atoms with Crippen molar-refractivity contribution in [3.05, 3.63) is 0 Å². The largest absolute Gasteiger partial charge is 0.356 e. The van der Waals surface area contributed by atoms with Crippen LogP contribution in [0.5, 0.6) is 0 Å². The Morgan fingerprint density at radius 3 is 2.78 bits per heavy atom. The summed E-state index contributed by atoms with van der Waals surface area (Å²) >= 11 is 0. The quantitative estimate of drug-likeness (QED) is 0.739. The highest BCUT2D eigenvalue weighted by Gasteiger charge is 2.36. The van der Waals surface area contributed by atoms with Crippen LogP contribution in [0.2, 0.25) is 0 Å². The maximum absolute atomic E-state index is 11.7. The number of methoxy groups -OCH3 is 1. The van der Waals surface area contributed by atoms with Crippen LogP contribution in [0.1, 0.15) is 46.5 Å². The van der Waals surface area contributed by atoms with Gasteiger partial charge in [0.05, 0.1) is 12.5 Å². The molecular weight excluding hydrogens is 234 g/mol. The first kappa shape index (κ1) is 15.4. The van der Waals surface area contributed by atoms with E-state index in [1.807, 2.05) is 13.8 Å². The third-order valence-electron chi connectivity index (χ3n) is 2.85. The van der Waals surface area contributed by atoms with Crippen LogP contribution in [0.25, 0.3) is 0 Å². The van der Waals surface area contributed by atoms with Crippen LogP contribution in [0.4, 0.5) is 0 Å². The summed E-state index contributed by atoms with van der Waals surface area (Å²) in [5.41, 5.74) is 0. The van der Waals surface area contributed by atoms with Gasteiger partial charge in [-0.15, -0.1) is 0 Å². The zero-order valence-corrected chi connectivity index (χ0v) is 11.8. The van der Waals surface area contributed by atoms with Crippen LogP contribution in [-0.4, -0.2) is 37.7 Å². The van der Waals surface area contributed by atoms with Gasteiger partial charge in [-0.3, -0.25) is 4.79 Å². The van der Waals surface area contributed by atoms with Gasteiger partial charge in [-0.25, -0.2) is 0 Å². The molecule has 0 aromatic carbocycles. The smallest absolute Gasteiger partial charge is 0.222 e. The topological polar surface area (TPSA) is 56.8 Å². The summed E-state index contributed by atoms with van der Waals surface area (Å²) in [7, 11) is 1.60. The third kappa shape index (κ3) is 5.33. The minimum absolute atomic E-state index is 0.0287. The van der Waals surface area contributed by atoms with E-state index in [1.165, 1.54) is 0 Å². The lowest BCUT2D eigenvalue weighted by atomic mass is 10.1. The maximum atomic E-state index is 11.7. The molecule has 18 heavy (non-hydrogen) atoms. The Balaban J connectivity index is 2.38. The fraction of sp³-hybridized carbons (Fsp3) is 0.923. The van der Waals surface area contributed by atoms with E-state index in [-0.39, 0.29) is 18.3 Å². The third-order valence-corrected chi connectivity index (χ3v) is 2.85. The fourth-order valence-electron chi connectivity index (χ4n) is 2.01. The molecular formula is C13H25NO4. The van der Waals surface area contributed by atoms with Crippen molar-refractivity contribution in [1.82, 2.24) is 5.32 Å². The van der Waals surface area contributed by atoms with Gasteiger partial charge in [-0.2, -0.15) is 0 Å². The van der Waals surface area contributed by atoms with Crippen molar-refractivity contribution in [3.63, 3.8) is 0 Å². The van der Waals surface area contributed by atoms with Crippen molar-refractivity contribution in [2.24, 2.45) is 0 Å². The van der Waals surface area contributed by atoms with E-state index in [9.17, 15) is 4.79 Å². The highest BCUT2D eigenvalue weighted by Crippen LogP contribution is 2.28. The second-order valence-electron chi connectivity index (χ2n) is 5.07.